The van der Waals surface area contributed by atoms with E-state index in [4.69, 9.17) is 10.5 Å². The zero-order valence-electron chi connectivity index (χ0n) is 12.6. The van der Waals surface area contributed by atoms with Gasteiger partial charge in [0.25, 0.3) is 0 Å². The Hall–Kier alpha value is -1.27. The molecule has 3 N–H and O–H groups in total. The summed E-state index contributed by atoms with van der Waals surface area (Å²) in [6.07, 6.45) is 5.60. The smallest absolute Gasteiger partial charge is 0.244 e. The molecular weight excluding hydrogens is 288 g/mol. The van der Waals surface area contributed by atoms with Crippen LogP contribution >= 0.6 is 0 Å². The molecule has 0 saturated heterocycles. The molecule has 2 rings (SSSR count). The van der Waals surface area contributed by atoms with Crippen molar-refractivity contribution in [2.24, 2.45) is 5.92 Å². The van der Waals surface area contributed by atoms with Crippen LogP contribution in [0.5, 0.6) is 5.75 Å². The fourth-order valence-corrected chi connectivity index (χ4v) is 3.79. The number of anilines is 1. The third-order valence-electron chi connectivity index (χ3n) is 4.17. The number of benzene rings is 1. The normalized spacial score (nSPS) is 23.0. The molecule has 1 aromatic carbocycles. The first kappa shape index (κ1) is 16.1. The topological polar surface area (TPSA) is 81.4 Å². The van der Waals surface area contributed by atoms with Crippen molar-refractivity contribution in [3.8, 4) is 5.75 Å². The molecule has 0 aromatic heterocycles. The Bertz CT molecular complexity index is 587. The van der Waals surface area contributed by atoms with Crippen LogP contribution in [0.2, 0.25) is 0 Å². The molecule has 0 aliphatic heterocycles. The molecular formula is C15H24N2O3S. The molecule has 21 heavy (non-hydrogen) atoms. The van der Waals surface area contributed by atoms with E-state index in [2.05, 4.69) is 11.6 Å². The summed E-state index contributed by atoms with van der Waals surface area (Å²) < 4.78 is 32.6. The number of nitrogens with one attached hydrogen (secondary N) is 1. The van der Waals surface area contributed by atoms with Crippen LogP contribution in [-0.4, -0.2) is 21.6 Å². The maximum Gasteiger partial charge on any atom is 0.244 e. The first-order chi connectivity index (χ1) is 9.97. The van der Waals surface area contributed by atoms with Gasteiger partial charge >= 0.3 is 0 Å². The Morgan fingerprint density at radius 3 is 2.71 bits per heavy atom. The second-order valence-corrected chi connectivity index (χ2v) is 7.38. The van der Waals surface area contributed by atoms with E-state index in [0.29, 0.717) is 17.4 Å². The SMILES string of the molecule is CCC1CCCCC1Oc1ccc(N)cc1S(=O)(=O)NC. The average Bonchev–Trinajstić information content (AvgIpc) is 2.49. The number of hydrogen-bond acceptors (Lipinski definition) is 4. The summed E-state index contributed by atoms with van der Waals surface area (Å²) in [5.74, 6) is 0.880. The van der Waals surface area contributed by atoms with Crippen LogP contribution in [0.4, 0.5) is 5.69 Å². The van der Waals surface area contributed by atoms with Crippen molar-refractivity contribution in [1.29, 1.82) is 0 Å². The molecule has 2 unspecified atom stereocenters. The van der Waals surface area contributed by atoms with Crippen molar-refractivity contribution in [2.75, 3.05) is 12.8 Å². The Morgan fingerprint density at radius 2 is 2.05 bits per heavy atom. The highest BCUT2D eigenvalue weighted by Gasteiger charge is 2.27. The lowest BCUT2D eigenvalue weighted by atomic mass is 9.85. The van der Waals surface area contributed by atoms with E-state index in [-0.39, 0.29) is 11.0 Å². The van der Waals surface area contributed by atoms with Crippen molar-refractivity contribution in [3.63, 3.8) is 0 Å². The van der Waals surface area contributed by atoms with E-state index < -0.39 is 10.0 Å². The van der Waals surface area contributed by atoms with E-state index in [0.717, 1.165) is 25.7 Å². The molecule has 0 heterocycles. The molecule has 1 aliphatic carbocycles. The zero-order valence-corrected chi connectivity index (χ0v) is 13.4. The third kappa shape index (κ3) is 3.68. The van der Waals surface area contributed by atoms with Gasteiger partial charge in [0.2, 0.25) is 10.0 Å². The summed E-state index contributed by atoms with van der Waals surface area (Å²) in [6, 6.07) is 4.78. The minimum Gasteiger partial charge on any atom is -0.489 e. The highest BCUT2D eigenvalue weighted by molar-refractivity contribution is 7.89. The van der Waals surface area contributed by atoms with Crippen LogP contribution in [0.15, 0.2) is 23.1 Å². The maximum atomic E-state index is 12.1. The van der Waals surface area contributed by atoms with Crippen molar-refractivity contribution in [3.05, 3.63) is 18.2 Å². The lowest BCUT2D eigenvalue weighted by Gasteiger charge is -2.31. The predicted molar refractivity (Wildman–Crippen MR) is 83.8 cm³/mol. The van der Waals surface area contributed by atoms with Gasteiger partial charge in [0.15, 0.2) is 0 Å². The fourth-order valence-electron chi connectivity index (χ4n) is 2.90. The fraction of sp³-hybridized carbons (Fsp3) is 0.600. The molecule has 1 fully saturated rings. The van der Waals surface area contributed by atoms with E-state index in [1.807, 2.05) is 0 Å². The van der Waals surface area contributed by atoms with Gasteiger partial charge in [-0.3, -0.25) is 0 Å². The van der Waals surface area contributed by atoms with Crippen molar-refractivity contribution in [2.45, 2.75) is 50.0 Å². The molecule has 2 atom stereocenters. The van der Waals surface area contributed by atoms with Crippen LogP contribution in [0.25, 0.3) is 0 Å². The summed E-state index contributed by atoms with van der Waals surface area (Å²) in [7, 11) is -2.19. The first-order valence-electron chi connectivity index (χ1n) is 7.47. The van der Waals surface area contributed by atoms with Crippen LogP contribution in [0.1, 0.15) is 39.0 Å². The number of sulfonamides is 1. The van der Waals surface area contributed by atoms with Gasteiger partial charge in [-0.2, -0.15) is 0 Å². The van der Waals surface area contributed by atoms with Gasteiger partial charge in [-0.05, 0) is 56.8 Å². The summed E-state index contributed by atoms with van der Waals surface area (Å²) in [5.41, 5.74) is 6.13. The largest absolute Gasteiger partial charge is 0.489 e. The van der Waals surface area contributed by atoms with E-state index in [1.54, 1.807) is 12.1 Å². The van der Waals surface area contributed by atoms with E-state index in [1.165, 1.54) is 19.5 Å². The van der Waals surface area contributed by atoms with Crippen molar-refractivity contribution < 1.29 is 13.2 Å². The summed E-state index contributed by atoms with van der Waals surface area (Å²) in [4.78, 5) is 0.116. The number of rotatable bonds is 5. The molecule has 118 valence electrons. The minimum absolute atomic E-state index is 0.0816. The number of hydrogen-bond donors (Lipinski definition) is 2. The molecule has 5 nitrogen and oxygen atoms in total. The van der Waals surface area contributed by atoms with Crippen molar-refractivity contribution >= 4 is 15.7 Å². The molecule has 0 bridgehead atoms. The molecule has 0 amide bonds. The van der Waals surface area contributed by atoms with Crippen LogP contribution in [0, 0.1) is 5.92 Å². The summed E-state index contributed by atoms with van der Waals surface area (Å²) in [5, 5.41) is 0. The highest BCUT2D eigenvalue weighted by Crippen LogP contribution is 2.33. The first-order valence-corrected chi connectivity index (χ1v) is 8.96. The third-order valence-corrected chi connectivity index (χ3v) is 5.60. The predicted octanol–water partition coefficient (Wildman–Crippen LogP) is 2.52. The number of ether oxygens (including phenoxy) is 1. The van der Waals surface area contributed by atoms with Crippen LogP contribution in [0.3, 0.4) is 0 Å². The lowest BCUT2D eigenvalue weighted by Crippen LogP contribution is -2.31. The van der Waals surface area contributed by atoms with Crippen LogP contribution in [-0.2, 0) is 10.0 Å². The second-order valence-electron chi connectivity index (χ2n) is 5.52. The van der Waals surface area contributed by atoms with Gasteiger partial charge in [0.1, 0.15) is 16.7 Å². The van der Waals surface area contributed by atoms with Gasteiger partial charge in [0, 0.05) is 5.69 Å². The maximum absolute atomic E-state index is 12.1. The minimum atomic E-state index is -3.58. The standard InChI is InChI=1S/C15H24N2O3S/c1-3-11-6-4-5-7-13(11)20-14-9-8-12(16)10-15(14)21(18,19)17-2/h8-11,13,17H,3-7,16H2,1-2H3. The summed E-state index contributed by atoms with van der Waals surface area (Å²) in [6.45, 7) is 2.15. The molecule has 1 aliphatic rings. The van der Waals surface area contributed by atoms with Crippen molar-refractivity contribution in [1.82, 2.24) is 4.72 Å². The number of nitrogen functional groups attached to an aromatic ring is 1. The summed E-state index contributed by atoms with van der Waals surface area (Å²) >= 11 is 0. The molecule has 1 saturated carbocycles. The zero-order chi connectivity index (χ0) is 15.5. The lowest BCUT2D eigenvalue weighted by molar-refractivity contribution is 0.0875. The van der Waals surface area contributed by atoms with Gasteiger partial charge in [0.05, 0.1) is 0 Å². The highest BCUT2D eigenvalue weighted by atomic mass is 32.2. The van der Waals surface area contributed by atoms with Gasteiger partial charge in [-0.1, -0.05) is 13.3 Å². The average molecular weight is 312 g/mol. The number of nitrogens with two attached hydrogens (primary N) is 1. The molecule has 1 aromatic rings. The van der Waals surface area contributed by atoms with E-state index in [9.17, 15) is 8.42 Å². The quantitative estimate of drug-likeness (QED) is 0.819. The monoisotopic (exact) mass is 312 g/mol. The van der Waals surface area contributed by atoms with Gasteiger partial charge < -0.3 is 10.5 Å². The van der Waals surface area contributed by atoms with E-state index >= 15 is 0 Å². The van der Waals surface area contributed by atoms with Crippen LogP contribution < -0.4 is 15.2 Å². The van der Waals surface area contributed by atoms with Gasteiger partial charge in [-0.15, -0.1) is 0 Å². The Morgan fingerprint density at radius 1 is 1.33 bits per heavy atom. The Kier molecular flexibility index (Phi) is 5.11. The Labute approximate surface area is 126 Å². The molecule has 0 spiro atoms. The van der Waals surface area contributed by atoms with Gasteiger partial charge in [-0.25, -0.2) is 13.1 Å². The molecule has 6 heteroatoms. The Balaban J connectivity index is 2.31. The molecule has 0 radical (unpaired) electrons. The second kappa shape index (κ2) is 6.66.